The van der Waals surface area contributed by atoms with Gasteiger partial charge in [-0.05, 0) is 17.3 Å². The van der Waals surface area contributed by atoms with Gasteiger partial charge in [0.05, 0.1) is 0 Å². The molecule has 0 aromatic rings. The van der Waals surface area contributed by atoms with E-state index in [-0.39, 0.29) is 5.41 Å². The van der Waals surface area contributed by atoms with E-state index in [9.17, 15) is 0 Å². The van der Waals surface area contributed by atoms with Crippen LogP contribution < -0.4 is 0 Å². The molecule has 1 nitrogen and oxygen atoms in total. The van der Waals surface area contributed by atoms with Crippen molar-refractivity contribution in [2.45, 2.75) is 48.0 Å². The molecule has 1 heteroatoms. The molecule has 0 atom stereocenters. The van der Waals surface area contributed by atoms with Crippen molar-refractivity contribution in [1.82, 2.24) is 0 Å². The van der Waals surface area contributed by atoms with E-state index in [1.54, 1.807) is 0 Å². The molecule has 0 amide bonds. The molecular weight excluding hydrogens is 146 g/mol. The molecule has 0 aliphatic heterocycles. The van der Waals surface area contributed by atoms with Crippen molar-refractivity contribution in [3.05, 3.63) is 0 Å². The lowest BCUT2D eigenvalue weighted by molar-refractivity contribution is 0.425. The van der Waals surface area contributed by atoms with Crippen LogP contribution in [-0.2, 0) is 0 Å². The quantitative estimate of drug-likeness (QED) is 0.573. The summed E-state index contributed by atoms with van der Waals surface area (Å²) >= 11 is 0. The van der Waals surface area contributed by atoms with Gasteiger partial charge in [-0.25, -0.2) is 0 Å². The summed E-state index contributed by atoms with van der Waals surface area (Å²) in [6, 6.07) is 0. The lowest BCUT2D eigenvalue weighted by atomic mass is 9.91. The lowest BCUT2D eigenvalue weighted by Crippen LogP contribution is -2.14. The normalized spacial score (nSPS) is 14.2. The Balaban J connectivity index is 3.92. The second-order valence-corrected chi connectivity index (χ2v) is 5.37. The average molecular weight is 169 g/mol. The van der Waals surface area contributed by atoms with E-state index in [0.29, 0.717) is 5.41 Å². The zero-order valence-corrected chi connectivity index (χ0v) is 9.44. The minimum atomic E-state index is 0.269. The van der Waals surface area contributed by atoms with E-state index in [4.69, 9.17) is 0 Å². The molecular formula is C11H23N. The summed E-state index contributed by atoms with van der Waals surface area (Å²) in [5, 5.41) is 0. The zero-order valence-electron chi connectivity index (χ0n) is 9.44. The van der Waals surface area contributed by atoms with E-state index >= 15 is 0 Å². The summed E-state index contributed by atoms with van der Waals surface area (Å²) < 4.78 is 0. The molecule has 0 fully saturated rings. The first-order valence-corrected chi connectivity index (χ1v) is 4.78. The van der Waals surface area contributed by atoms with Gasteiger partial charge in [-0.15, -0.1) is 0 Å². The van der Waals surface area contributed by atoms with Crippen LogP contribution in [0.3, 0.4) is 0 Å². The maximum Gasteiger partial charge on any atom is 0.0434 e. The molecule has 0 rings (SSSR count). The molecule has 0 spiro atoms. The van der Waals surface area contributed by atoms with Crippen LogP contribution in [0.2, 0.25) is 0 Å². The second-order valence-electron chi connectivity index (χ2n) is 5.37. The van der Waals surface area contributed by atoms with Gasteiger partial charge in [-0.1, -0.05) is 41.5 Å². The number of hydrogen-bond acceptors (Lipinski definition) is 1. The van der Waals surface area contributed by atoms with Crippen molar-refractivity contribution in [3.8, 4) is 0 Å². The topological polar surface area (TPSA) is 12.4 Å². The molecule has 0 aromatic carbocycles. The Kier molecular flexibility index (Phi) is 3.95. The summed E-state index contributed by atoms with van der Waals surface area (Å²) in [7, 11) is 0. The predicted octanol–water partition coefficient (Wildman–Crippen LogP) is 3.54. The van der Waals surface area contributed by atoms with Crippen LogP contribution in [0.5, 0.6) is 0 Å². The summed E-state index contributed by atoms with van der Waals surface area (Å²) in [5.74, 6) is 0. The average Bonchev–Trinajstić information content (AvgIpc) is 1.84. The molecule has 0 heterocycles. The summed E-state index contributed by atoms with van der Waals surface area (Å²) in [6.45, 7) is 14.2. The molecule has 0 radical (unpaired) electrons. The van der Waals surface area contributed by atoms with E-state index in [1.165, 1.54) is 0 Å². The smallest absolute Gasteiger partial charge is 0.0434 e. The molecule has 0 aliphatic rings. The maximum absolute atomic E-state index is 4.46. The van der Waals surface area contributed by atoms with Gasteiger partial charge in [0.25, 0.3) is 0 Å². The van der Waals surface area contributed by atoms with Gasteiger partial charge in [0.15, 0.2) is 0 Å². The van der Waals surface area contributed by atoms with Gasteiger partial charge in [0.2, 0.25) is 0 Å². The SMILES string of the molecule is CCC(C)(C)C=NCC(C)(C)C. The van der Waals surface area contributed by atoms with Crippen molar-refractivity contribution >= 4 is 6.21 Å². The Morgan fingerprint density at radius 3 is 1.92 bits per heavy atom. The highest BCUT2D eigenvalue weighted by molar-refractivity contribution is 5.64. The third-order valence-corrected chi connectivity index (χ3v) is 1.92. The van der Waals surface area contributed by atoms with Crippen molar-refractivity contribution in [3.63, 3.8) is 0 Å². The molecule has 12 heavy (non-hydrogen) atoms. The first kappa shape index (κ1) is 11.7. The first-order valence-electron chi connectivity index (χ1n) is 4.78. The molecule has 0 saturated carbocycles. The first-order chi connectivity index (χ1) is 5.27. The molecule has 72 valence electrons. The highest BCUT2D eigenvalue weighted by Gasteiger charge is 2.12. The van der Waals surface area contributed by atoms with E-state index in [2.05, 4.69) is 52.7 Å². The monoisotopic (exact) mass is 169 g/mol. The Labute approximate surface area is 77.3 Å². The molecule has 0 aliphatic carbocycles. The van der Waals surface area contributed by atoms with E-state index in [1.807, 2.05) is 0 Å². The Morgan fingerprint density at radius 1 is 1.08 bits per heavy atom. The van der Waals surface area contributed by atoms with Crippen molar-refractivity contribution in [2.75, 3.05) is 6.54 Å². The van der Waals surface area contributed by atoms with Gasteiger partial charge in [0.1, 0.15) is 0 Å². The molecule has 0 aromatic heterocycles. The predicted molar refractivity (Wildman–Crippen MR) is 56.9 cm³/mol. The number of rotatable bonds is 3. The second kappa shape index (κ2) is 4.06. The Bertz CT molecular complexity index is 149. The van der Waals surface area contributed by atoms with Crippen LogP contribution in [0.15, 0.2) is 4.99 Å². The minimum absolute atomic E-state index is 0.269. The van der Waals surface area contributed by atoms with E-state index in [0.717, 1.165) is 13.0 Å². The van der Waals surface area contributed by atoms with Crippen molar-refractivity contribution in [1.29, 1.82) is 0 Å². The van der Waals surface area contributed by atoms with Gasteiger partial charge >= 0.3 is 0 Å². The van der Waals surface area contributed by atoms with Crippen molar-refractivity contribution in [2.24, 2.45) is 15.8 Å². The summed E-state index contributed by atoms with van der Waals surface area (Å²) in [4.78, 5) is 4.46. The van der Waals surface area contributed by atoms with Crippen LogP contribution in [0.1, 0.15) is 48.0 Å². The van der Waals surface area contributed by atoms with Gasteiger partial charge in [0, 0.05) is 12.8 Å². The van der Waals surface area contributed by atoms with Crippen LogP contribution in [0, 0.1) is 10.8 Å². The summed E-state index contributed by atoms with van der Waals surface area (Å²) in [5.41, 5.74) is 0.589. The largest absolute Gasteiger partial charge is 0.296 e. The Morgan fingerprint density at radius 2 is 1.58 bits per heavy atom. The minimum Gasteiger partial charge on any atom is -0.296 e. The third kappa shape index (κ3) is 6.38. The maximum atomic E-state index is 4.46. The van der Waals surface area contributed by atoms with Gasteiger partial charge < -0.3 is 0 Å². The number of hydrogen-bond donors (Lipinski definition) is 0. The third-order valence-electron chi connectivity index (χ3n) is 1.92. The zero-order chi connectivity index (χ0) is 9.83. The fourth-order valence-corrected chi connectivity index (χ4v) is 0.658. The van der Waals surface area contributed by atoms with Crippen molar-refractivity contribution < 1.29 is 0 Å². The van der Waals surface area contributed by atoms with Crippen LogP contribution >= 0.6 is 0 Å². The fraction of sp³-hybridized carbons (Fsp3) is 0.909. The van der Waals surface area contributed by atoms with Crippen LogP contribution in [-0.4, -0.2) is 12.8 Å². The number of nitrogens with zero attached hydrogens (tertiary/aromatic N) is 1. The highest BCUT2D eigenvalue weighted by atomic mass is 14.7. The number of aliphatic imine (C=N–C) groups is 1. The molecule has 0 unspecified atom stereocenters. The molecule has 0 N–H and O–H groups in total. The Hall–Kier alpha value is -0.330. The van der Waals surface area contributed by atoms with Gasteiger partial charge in [-0.2, -0.15) is 0 Å². The molecule has 0 bridgehead atoms. The standard InChI is InChI=1S/C11H23N/c1-7-11(5,6)9-12-8-10(2,3)4/h9H,7-8H2,1-6H3. The van der Waals surface area contributed by atoms with Crippen LogP contribution in [0.25, 0.3) is 0 Å². The van der Waals surface area contributed by atoms with E-state index < -0.39 is 0 Å². The fourth-order valence-electron chi connectivity index (χ4n) is 0.658. The summed E-state index contributed by atoms with van der Waals surface area (Å²) in [6.07, 6.45) is 3.25. The van der Waals surface area contributed by atoms with Crippen LogP contribution in [0.4, 0.5) is 0 Å². The lowest BCUT2D eigenvalue weighted by Gasteiger charge is -2.18. The highest BCUT2D eigenvalue weighted by Crippen LogP contribution is 2.18. The molecule has 0 saturated heterocycles. The van der Waals surface area contributed by atoms with Gasteiger partial charge in [-0.3, -0.25) is 4.99 Å².